The van der Waals surface area contributed by atoms with Crippen molar-refractivity contribution in [2.75, 3.05) is 17.3 Å². The van der Waals surface area contributed by atoms with Crippen molar-refractivity contribution >= 4 is 56.9 Å². The number of nitrogens with two attached hydrogens (primary N) is 1. The number of amides is 2. The number of guanidine groups is 1. The van der Waals surface area contributed by atoms with Crippen molar-refractivity contribution in [2.45, 2.75) is 0 Å². The number of aromatic nitrogens is 1. The van der Waals surface area contributed by atoms with E-state index in [0.29, 0.717) is 27.6 Å². The van der Waals surface area contributed by atoms with E-state index in [1.54, 1.807) is 49.5 Å². The van der Waals surface area contributed by atoms with Crippen molar-refractivity contribution in [1.29, 1.82) is 0 Å². The fourth-order valence-electron chi connectivity index (χ4n) is 2.86. The van der Waals surface area contributed by atoms with Crippen LogP contribution in [0.2, 0.25) is 0 Å². The van der Waals surface area contributed by atoms with Crippen LogP contribution in [0, 0.1) is 0 Å². The molecule has 0 saturated carbocycles. The first kappa shape index (κ1) is 19.7. The summed E-state index contributed by atoms with van der Waals surface area (Å²) in [6, 6.07) is 14.0. The Bertz CT molecular complexity index is 1060. The number of fused-ring (bicyclic) bond motifs is 1. The van der Waals surface area contributed by atoms with E-state index >= 15 is 0 Å². The summed E-state index contributed by atoms with van der Waals surface area (Å²) < 4.78 is 0. The van der Waals surface area contributed by atoms with Gasteiger partial charge in [0.15, 0.2) is 11.1 Å². The van der Waals surface area contributed by atoms with Crippen LogP contribution in [0.4, 0.5) is 10.8 Å². The lowest BCUT2D eigenvalue weighted by Crippen LogP contribution is -2.29. The number of carbonyl (C=O) groups is 2. The Kier molecular flexibility index (Phi) is 5.57. The quantitative estimate of drug-likeness (QED) is 0.355. The van der Waals surface area contributed by atoms with Crippen LogP contribution in [-0.4, -0.2) is 29.8 Å². The molecule has 0 atom stereocenters. The lowest BCUT2D eigenvalue weighted by atomic mass is 10.1. The van der Waals surface area contributed by atoms with Gasteiger partial charge in [-0.05, 0) is 24.3 Å². The SMILES string of the molecule is Br.C/N=C(/N)Nc1nc(-c2cccc(N3C(=O)c4ccccc4C3=O)c2)cs1. The van der Waals surface area contributed by atoms with Crippen LogP contribution < -0.4 is 16.0 Å². The van der Waals surface area contributed by atoms with E-state index < -0.39 is 0 Å². The van der Waals surface area contributed by atoms with Gasteiger partial charge >= 0.3 is 0 Å². The van der Waals surface area contributed by atoms with Gasteiger partial charge in [-0.1, -0.05) is 24.3 Å². The highest BCUT2D eigenvalue weighted by Crippen LogP contribution is 2.32. The molecule has 2 amide bonds. The molecule has 0 fully saturated rings. The maximum Gasteiger partial charge on any atom is 0.266 e. The molecule has 3 N–H and O–H groups in total. The number of halogens is 1. The van der Waals surface area contributed by atoms with Crippen LogP contribution in [0.3, 0.4) is 0 Å². The van der Waals surface area contributed by atoms with E-state index in [1.165, 1.54) is 16.2 Å². The van der Waals surface area contributed by atoms with Crippen LogP contribution >= 0.6 is 28.3 Å². The first-order valence-electron chi connectivity index (χ1n) is 8.11. The lowest BCUT2D eigenvalue weighted by Gasteiger charge is -2.14. The number of imide groups is 1. The fourth-order valence-corrected chi connectivity index (χ4v) is 3.58. The Hall–Kier alpha value is -3.04. The summed E-state index contributed by atoms with van der Waals surface area (Å²) in [5.74, 6) is -0.365. The van der Waals surface area contributed by atoms with Crippen molar-refractivity contribution in [3.63, 3.8) is 0 Å². The molecule has 1 aromatic heterocycles. The first-order valence-corrected chi connectivity index (χ1v) is 8.99. The van der Waals surface area contributed by atoms with Crippen LogP contribution in [0.5, 0.6) is 0 Å². The fraction of sp³-hybridized carbons (Fsp3) is 0.0526. The average molecular weight is 458 g/mol. The van der Waals surface area contributed by atoms with Gasteiger partial charge in [0.2, 0.25) is 0 Å². The number of aliphatic imine (C=N–C) groups is 1. The summed E-state index contributed by atoms with van der Waals surface area (Å²) in [6.07, 6.45) is 0. The molecule has 9 heteroatoms. The predicted octanol–water partition coefficient (Wildman–Crippen LogP) is 3.55. The summed E-state index contributed by atoms with van der Waals surface area (Å²) in [7, 11) is 1.59. The Balaban J connectivity index is 0.00000225. The summed E-state index contributed by atoms with van der Waals surface area (Å²) in [5, 5.41) is 5.37. The molecule has 0 spiro atoms. The van der Waals surface area contributed by atoms with Gasteiger partial charge in [0.05, 0.1) is 22.5 Å². The molecule has 0 bridgehead atoms. The molecule has 0 aliphatic carbocycles. The molecule has 1 aliphatic heterocycles. The Morgan fingerprint density at radius 2 is 1.79 bits per heavy atom. The minimum absolute atomic E-state index is 0. The third-order valence-electron chi connectivity index (χ3n) is 4.17. The van der Waals surface area contributed by atoms with E-state index in [1.807, 2.05) is 11.4 Å². The molecular weight excluding hydrogens is 442 g/mol. The largest absolute Gasteiger partial charge is 0.370 e. The van der Waals surface area contributed by atoms with Gasteiger partial charge in [0, 0.05) is 18.0 Å². The maximum atomic E-state index is 12.7. The smallest absolute Gasteiger partial charge is 0.266 e. The second-order valence-electron chi connectivity index (χ2n) is 5.81. The highest BCUT2D eigenvalue weighted by atomic mass is 79.9. The Morgan fingerprint density at radius 3 is 2.43 bits per heavy atom. The van der Waals surface area contributed by atoms with Crippen molar-refractivity contribution in [2.24, 2.45) is 10.7 Å². The minimum Gasteiger partial charge on any atom is -0.370 e. The zero-order valence-electron chi connectivity index (χ0n) is 14.7. The molecule has 3 aromatic rings. The van der Waals surface area contributed by atoms with Gasteiger partial charge in [-0.3, -0.25) is 14.6 Å². The zero-order chi connectivity index (χ0) is 19.0. The van der Waals surface area contributed by atoms with Crippen LogP contribution in [0.25, 0.3) is 11.3 Å². The third-order valence-corrected chi connectivity index (χ3v) is 4.93. The lowest BCUT2D eigenvalue weighted by molar-refractivity contribution is 0.0926. The Labute approximate surface area is 175 Å². The molecule has 1 aliphatic rings. The highest BCUT2D eigenvalue weighted by Gasteiger charge is 2.36. The number of rotatable bonds is 3. The summed E-state index contributed by atoms with van der Waals surface area (Å²) in [4.78, 5) is 34.8. The number of benzene rings is 2. The number of nitrogens with zero attached hydrogens (tertiary/aromatic N) is 3. The van der Waals surface area contributed by atoms with Crippen LogP contribution in [-0.2, 0) is 0 Å². The molecule has 4 rings (SSSR count). The molecule has 2 aromatic carbocycles. The number of anilines is 2. The molecule has 0 saturated heterocycles. The molecule has 0 radical (unpaired) electrons. The number of carbonyl (C=O) groups excluding carboxylic acids is 2. The topological polar surface area (TPSA) is 101 Å². The second kappa shape index (κ2) is 7.91. The van der Waals surface area contributed by atoms with E-state index in [-0.39, 0.29) is 34.8 Å². The normalized spacial score (nSPS) is 13.3. The molecule has 7 nitrogen and oxygen atoms in total. The number of hydrogen-bond acceptors (Lipinski definition) is 5. The summed E-state index contributed by atoms with van der Waals surface area (Å²) >= 11 is 1.39. The van der Waals surface area contributed by atoms with E-state index in [4.69, 9.17) is 5.73 Å². The molecule has 0 unspecified atom stereocenters. The van der Waals surface area contributed by atoms with E-state index in [9.17, 15) is 9.59 Å². The van der Waals surface area contributed by atoms with E-state index in [2.05, 4.69) is 15.3 Å². The first-order chi connectivity index (χ1) is 13.1. The van der Waals surface area contributed by atoms with Gasteiger partial charge < -0.3 is 11.1 Å². The van der Waals surface area contributed by atoms with E-state index in [0.717, 1.165) is 5.56 Å². The van der Waals surface area contributed by atoms with Crippen molar-refractivity contribution in [3.8, 4) is 11.3 Å². The number of hydrogen-bond donors (Lipinski definition) is 2. The molecular formula is C19H16BrN5O2S. The maximum absolute atomic E-state index is 12.7. The minimum atomic E-state index is -0.319. The van der Waals surface area contributed by atoms with Gasteiger partial charge in [-0.2, -0.15) is 0 Å². The standard InChI is InChI=1S/C19H15N5O2S.BrH/c1-21-18(20)23-19-22-15(10-27-19)11-5-4-6-12(9-11)24-16(25)13-7-2-3-8-14(13)17(24)26;/h2-10H,1H3,(H3,20,21,22,23);1H. The van der Waals surface area contributed by atoms with Crippen LogP contribution in [0.15, 0.2) is 58.9 Å². The zero-order valence-corrected chi connectivity index (χ0v) is 17.3. The predicted molar refractivity (Wildman–Crippen MR) is 117 cm³/mol. The summed E-state index contributed by atoms with van der Waals surface area (Å²) in [6.45, 7) is 0. The monoisotopic (exact) mass is 457 g/mol. The average Bonchev–Trinajstić information content (AvgIpc) is 3.25. The van der Waals surface area contributed by atoms with Crippen LogP contribution in [0.1, 0.15) is 20.7 Å². The second-order valence-corrected chi connectivity index (χ2v) is 6.67. The van der Waals surface area contributed by atoms with Crippen molar-refractivity contribution < 1.29 is 9.59 Å². The Morgan fingerprint density at radius 1 is 1.11 bits per heavy atom. The molecule has 28 heavy (non-hydrogen) atoms. The molecule has 142 valence electrons. The van der Waals surface area contributed by atoms with Crippen molar-refractivity contribution in [1.82, 2.24) is 4.98 Å². The summed E-state index contributed by atoms with van der Waals surface area (Å²) in [5.41, 5.74) is 8.51. The van der Waals surface area contributed by atoms with Gasteiger partial charge in [0.1, 0.15) is 0 Å². The van der Waals surface area contributed by atoms with Gasteiger partial charge in [0.25, 0.3) is 11.8 Å². The highest BCUT2D eigenvalue weighted by molar-refractivity contribution is 8.93. The van der Waals surface area contributed by atoms with Crippen molar-refractivity contribution in [3.05, 3.63) is 65.0 Å². The van der Waals surface area contributed by atoms with Gasteiger partial charge in [-0.25, -0.2) is 9.88 Å². The number of thiazole rings is 1. The number of nitrogens with one attached hydrogen (secondary N) is 1. The third kappa shape index (κ3) is 3.41. The van der Waals surface area contributed by atoms with Gasteiger partial charge in [-0.15, -0.1) is 28.3 Å². The molecule has 2 heterocycles.